The van der Waals surface area contributed by atoms with Gasteiger partial charge in [-0.1, -0.05) is 17.3 Å². The lowest BCUT2D eigenvalue weighted by Gasteiger charge is -1.81. The lowest BCUT2D eigenvalue weighted by Crippen LogP contribution is -1.75. The monoisotopic (exact) mass is 217 g/mol. The zero-order valence-electron chi connectivity index (χ0n) is 7.97. The summed E-state index contributed by atoms with van der Waals surface area (Å²) in [5.74, 6) is 1.12. The van der Waals surface area contributed by atoms with E-state index in [0.717, 1.165) is 15.2 Å². The first kappa shape index (κ1) is 8.55. The molecule has 2 heterocycles. The van der Waals surface area contributed by atoms with Crippen LogP contribution in [0, 0.1) is 6.92 Å². The molecule has 0 spiro atoms. The van der Waals surface area contributed by atoms with E-state index in [1.165, 1.54) is 0 Å². The standard InChI is InChI=1S/C10H7N3OS/c1-6-11-9(14-13-6)10-12-7-4-2-3-5-8(7)15-10/h2-5H,1H3. The van der Waals surface area contributed by atoms with E-state index in [0.29, 0.717) is 11.7 Å². The Morgan fingerprint density at radius 1 is 1.20 bits per heavy atom. The second-order valence-electron chi connectivity index (χ2n) is 3.13. The fourth-order valence-corrected chi connectivity index (χ4v) is 2.24. The summed E-state index contributed by atoms with van der Waals surface area (Å²) < 4.78 is 6.19. The fourth-order valence-electron chi connectivity index (χ4n) is 1.35. The number of thiazole rings is 1. The number of aromatic nitrogens is 3. The summed E-state index contributed by atoms with van der Waals surface area (Å²) >= 11 is 1.56. The largest absolute Gasteiger partial charge is 0.331 e. The number of rotatable bonds is 1. The third-order valence-corrected chi connectivity index (χ3v) is 3.03. The van der Waals surface area contributed by atoms with Gasteiger partial charge in [-0.3, -0.25) is 0 Å². The van der Waals surface area contributed by atoms with Crippen molar-refractivity contribution in [1.82, 2.24) is 15.1 Å². The molecular weight excluding hydrogens is 210 g/mol. The van der Waals surface area contributed by atoms with Crippen molar-refractivity contribution in [1.29, 1.82) is 0 Å². The number of hydrogen-bond donors (Lipinski definition) is 0. The van der Waals surface area contributed by atoms with Crippen LogP contribution in [0.3, 0.4) is 0 Å². The number of para-hydroxylation sites is 1. The first-order valence-electron chi connectivity index (χ1n) is 4.49. The van der Waals surface area contributed by atoms with Gasteiger partial charge in [-0.15, -0.1) is 11.3 Å². The molecule has 0 N–H and O–H groups in total. The zero-order chi connectivity index (χ0) is 10.3. The lowest BCUT2D eigenvalue weighted by atomic mass is 10.3. The SMILES string of the molecule is Cc1noc(-c2nc3ccccc3s2)n1. The number of hydrogen-bond acceptors (Lipinski definition) is 5. The Labute approximate surface area is 89.6 Å². The highest BCUT2D eigenvalue weighted by Crippen LogP contribution is 2.28. The molecule has 0 fully saturated rings. The molecule has 2 aromatic heterocycles. The van der Waals surface area contributed by atoms with Crippen LogP contribution < -0.4 is 0 Å². The Hall–Kier alpha value is -1.75. The summed E-state index contributed by atoms with van der Waals surface area (Å²) in [5, 5.41) is 4.52. The molecule has 0 aliphatic rings. The molecule has 1 aromatic carbocycles. The van der Waals surface area contributed by atoms with Crippen LogP contribution in [0.15, 0.2) is 28.8 Å². The van der Waals surface area contributed by atoms with Crippen molar-refractivity contribution < 1.29 is 4.52 Å². The molecule has 0 unspecified atom stereocenters. The molecule has 0 saturated carbocycles. The summed E-state index contributed by atoms with van der Waals surface area (Å²) in [6, 6.07) is 7.95. The first-order chi connectivity index (χ1) is 7.33. The van der Waals surface area contributed by atoms with Gasteiger partial charge in [0.1, 0.15) is 0 Å². The van der Waals surface area contributed by atoms with Crippen molar-refractivity contribution in [2.45, 2.75) is 6.92 Å². The van der Waals surface area contributed by atoms with Crippen molar-refractivity contribution in [3.05, 3.63) is 30.1 Å². The predicted octanol–water partition coefficient (Wildman–Crippen LogP) is 2.65. The van der Waals surface area contributed by atoms with Crippen LogP contribution in [-0.2, 0) is 0 Å². The maximum absolute atomic E-state index is 5.07. The van der Waals surface area contributed by atoms with Crippen LogP contribution in [0.4, 0.5) is 0 Å². The molecule has 74 valence electrons. The Morgan fingerprint density at radius 2 is 2.07 bits per heavy atom. The Bertz CT molecular complexity index is 581. The summed E-state index contributed by atoms with van der Waals surface area (Å²) in [6.07, 6.45) is 0. The molecule has 5 heteroatoms. The Kier molecular flexibility index (Phi) is 1.78. The minimum atomic E-state index is 0.494. The molecule has 0 aliphatic carbocycles. The van der Waals surface area contributed by atoms with E-state index in [9.17, 15) is 0 Å². The highest BCUT2D eigenvalue weighted by atomic mass is 32.1. The van der Waals surface area contributed by atoms with E-state index < -0.39 is 0 Å². The molecule has 3 rings (SSSR count). The van der Waals surface area contributed by atoms with Crippen molar-refractivity contribution in [2.24, 2.45) is 0 Å². The molecule has 3 aromatic rings. The van der Waals surface area contributed by atoms with E-state index in [4.69, 9.17) is 4.52 Å². The average molecular weight is 217 g/mol. The molecule has 0 saturated heterocycles. The van der Waals surface area contributed by atoms with Crippen LogP contribution in [0.25, 0.3) is 21.1 Å². The maximum Gasteiger partial charge on any atom is 0.286 e. The molecule has 0 bridgehead atoms. The van der Waals surface area contributed by atoms with E-state index >= 15 is 0 Å². The molecule has 0 aliphatic heterocycles. The third-order valence-electron chi connectivity index (χ3n) is 2.00. The van der Waals surface area contributed by atoms with Gasteiger partial charge in [-0.2, -0.15) is 4.98 Å². The van der Waals surface area contributed by atoms with E-state index in [1.54, 1.807) is 18.3 Å². The summed E-state index contributed by atoms with van der Waals surface area (Å²) in [7, 11) is 0. The molecule has 0 atom stereocenters. The van der Waals surface area contributed by atoms with Crippen molar-refractivity contribution in [2.75, 3.05) is 0 Å². The second kappa shape index (κ2) is 3.13. The molecule has 0 amide bonds. The molecular formula is C10H7N3OS. The normalized spacial score (nSPS) is 11.0. The van der Waals surface area contributed by atoms with E-state index in [-0.39, 0.29) is 0 Å². The topological polar surface area (TPSA) is 51.8 Å². The van der Waals surface area contributed by atoms with Gasteiger partial charge in [-0.25, -0.2) is 4.98 Å². The van der Waals surface area contributed by atoms with Crippen molar-refractivity contribution in [3.63, 3.8) is 0 Å². The summed E-state index contributed by atoms with van der Waals surface area (Å²) in [4.78, 5) is 8.56. The summed E-state index contributed by atoms with van der Waals surface area (Å²) in [6.45, 7) is 1.79. The quantitative estimate of drug-likeness (QED) is 0.628. The Morgan fingerprint density at radius 3 is 2.80 bits per heavy atom. The van der Waals surface area contributed by atoms with Gasteiger partial charge in [0.05, 0.1) is 10.2 Å². The minimum absolute atomic E-state index is 0.494. The van der Waals surface area contributed by atoms with Gasteiger partial charge in [0, 0.05) is 0 Å². The van der Waals surface area contributed by atoms with Crippen LogP contribution in [0.5, 0.6) is 0 Å². The van der Waals surface area contributed by atoms with Gasteiger partial charge >= 0.3 is 0 Å². The predicted molar refractivity (Wildman–Crippen MR) is 57.6 cm³/mol. The van der Waals surface area contributed by atoms with Gasteiger partial charge in [0.25, 0.3) is 5.89 Å². The van der Waals surface area contributed by atoms with Crippen LogP contribution in [0.2, 0.25) is 0 Å². The maximum atomic E-state index is 5.07. The number of fused-ring (bicyclic) bond motifs is 1. The third kappa shape index (κ3) is 1.41. The van der Waals surface area contributed by atoms with Gasteiger partial charge in [-0.05, 0) is 19.1 Å². The van der Waals surface area contributed by atoms with Crippen LogP contribution in [0.1, 0.15) is 5.82 Å². The number of nitrogens with zero attached hydrogens (tertiary/aromatic N) is 3. The first-order valence-corrected chi connectivity index (χ1v) is 5.31. The fraction of sp³-hybridized carbons (Fsp3) is 0.100. The highest BCUT2D eigenvalue weighted by molar-refractivity contribution is 7.21. The molecule has 15 heavy (non-hydrogen) atoms. The van der Waals surface area contributed by atoms with E-state index in [2.05, 4.69) is 15.1 Å². The smallest absolute Gasteiger partial charge is 0.286 e. The molecule has 0 radical (unpaired) electrons. The van der Waals surface area contributed by atoms with Crippen molar-refractivity contribution >= 4 is 21.6 Å². The van der Waals surface area contributed by atoms with Crippen molar-refractivity contribution in [3.8, 4) is 10.9 Å². The Balaban J connectivity index is 2.19. The van der Waals surface area contributed by atoms with Gasteiger partial charge in [0.15, 0.2) is 10.8 Å². The summed E-state index contributed by atoms with van der Waals surface area (Å²) in [5.41, 5.74) is 0.966. The van der Waals surface area contributed by atoms with Gasteiger partial charge < -0.3 is 4.52 Å². The average Bonchev–Trinajstić information content (AvgIpc) is 2.82. The number of benzene rings is 1. The zero-order valence-corrected chi connectivity index (χ0v) is 8.78. The van der Waals surface area contributed by atoms with Crippen LogP contribution in [-0.4, -0.2) is 15.1 Å². The van der Waals surface area contributed by atoms with E-state index in [1.807, 2.05) is 24.3 Å². The highest BCUT2D eigenvalue weighted by Gasteiger charge is 2.11. The van der Waals surface area contributed by atoms with Gasteiger partial charge in [0.2, 0.25) is 0 Å². The molecule has 4 nitrogen and oxygen atoms in total. The minimum Gasteiger partial charge on any atom is -0.331 e. The van der Waals surface area contributed by atoms with Crippen LogP contribution >= 0.6 is 11.3 Å². The number of aryl methyl sites for hydroxylation is 1. The second-order valence-corrected chi connectivity index (χ2v) is 4.16. The lowest BCUT2D eigenvalue weighted by molar-refractivity contribution is 0.425.